The average molecular weight is 498 g/mol. The maximum absolute atomic E-state index is 13.7. The highest BCUT2D eigenvalue weighted by molar-refractivity contribution is 7.15. The predicted molar refractivity (Wildman–Crippen MR) is 130 cm³/mol. The van der Waals surface area contributed by atoms with Crippen LogP contribution in [-0.4, -0.2) is 29.8 Å². The Morgan fingerprint density at radius 3 is 2.65 bits per heavy atom. The van der Waals surface area contributed by atoms with Gasteiger partial charge in [0.2, 0.25) is 10.9 Å². The van der Waals surface area contributed by atoms with E-state index >= 15 is 0 Å². The lowest BCUT2D eigenvalue weighted by atomic mass is 9.98. The Hall–Kier alpha value is -3.43. The second kappa shape index (κ2) is 8.73. The van der Waals surface area contributed by atoms with Crippen LogP contribution in [0.15, 0.2) is 45.6 Å². The number of aryl methyl sites for hydroxylation is 1. The predicted octanol–water partition coefficient (Wildman–Crippen LogP) is 5.02. The third-order valence-electron chi connectivity index (χ3n) is 5.60. The highest BCUT2D eigenvalue weighted by Crippen LogP contribution is 2.44. The summed E-state index contributed by atoms with van der Waals surface area (Å²) in [5, 5.41) is 10.3. The molecule has 0 unspecified atom stereocenters. The number of methoxy groups -OCH3 is 1. The Labute approximate surface area is 203 Å². The third kappa shape index (κ3) is 3.52. The van der Waals surface area contributed by atoms with Crippen LogP contribution in [0.3, 0.4) is 0 Å². The van der Waals surface area contributed by atoms with Gasteiger partial charge in [0.05, 0.1) is 30.7 Å². The van der Waals surface area contributed by atoms with E-state index in [1.807, 2.05) is 13.8 Å². The van der Waals surface area contributed by atoms with Crippen molar-refractivity contribution in [1.29, 1.82) is 0 Å². The van der Waals surface area contributed by atoms with Gasteiger partial charge >= 0.3 is 0 Å². The van der Waals surface area contributed by atoms with Crippen molar-refractivity contribution >= 4 is 44.9 Å². The lowest BCUT2D eigenvalue weighted by molar-refractivity contribution is 0.0970. The maximum Gasteiger partial charge on any atom is 0.297 e. The summed E-state index contributed by atoms with van der Waals surface area (Å²) in [7, 11) is 1.54. The Balaban J connectivity index is 1.77. The number of fused-ring (bicyclic) bond motifs is 2. The first-order chi connectivity index (χ1) is 16.5. The number of amides is 1. The third-order valence-corrected chi connectivity index (χ3v) is 6.90. The summed E-state index contributed by atoms with van der Waals surface area (Å²) in [6.45, 7) is 4.30. The van der Waals surface area contributed by atoms with Crippen molar-refractivity contribution in [2.24, 2.45) is 0 Å². The van der Waals surface area contributed by atoms with Crippen LogP contribution in [0, 0.1) is 0 Å². The minimum absolute atomic E-state index is 0.0223. The second-order valence-corrected chi connectivity index (χ2v) is 9.04. The number of aromatic nitrogens is 2. The Kier molecular flexibility index (Phi) is 5.75. The summed E-state index contributed by atoms with van der Waals surface area (Å²) in [4.78, 5) is 28.8. The van der Waals surface area contributed by atoms with Crippen LogP contribution in [0.25, 0.3) is 11.0 Å². The zero-order valence-corrected chi connectivity index (χ0v) is 20.2. The van der Waals surface area contributed by atoms with Crippen molar-refractivity contribution in [3.8, 4) is 11.5 Å². The van der Waals surface area contributed by atoms with Crippen LogP contribution in [0.2, 0.25) is 5.02 Å². The number of hydrogen-bond donors (Lipinski definition) is 0. The highest BCUT2D eigenvalue weighted by atomic mass is 35.5. The van der Waals surface area contributed by atoms with E-state index in [2.05, 4.69) is 10.2 Å². The van der Waals surface area contributed by atoms with Gasteiger partial charge in [-0.15, -0.1) is 10.2 Å². The van der Waals surface area contributed by atoms with Gasteiger partial charge in [0.25, 0.3) is 5.91 Å². The zero-order chi connectivity index (χ0) is 24.0. The summed E-state index contributed by atoms with van der Waals surface area (Å²) >= 11 is 7.45. The molecule has 0 spiro atoms. The monoisotopic (exact) mass is 497 g/mol. The lowest BCUT2D eigenvalue weighted by Crippen LogP contribution is -2.29. The number of ether oxygens (including phenoxy) is 2. The first-order valence-corrected chi connectivity index (χ1v) is 11.9. The molecule has 5 rings (SSSR count). The molecular formula is C24H20ClN3O5S. The number of hydrogen-bond acceptors (Lipinski definition) is 8. The van der Waals surface area contributed by atoms with Crippen molar-refractivity contribution in [3.05, 3.63) is 73.5 Å². The van der Waals surface area contributed by atoms with Gasteiger partial charge in [0.1, 0.15) is 10.6 Å². The summed E-state index contributed by atoms with van der Waals surface area (Å²) < 4.78 is 17.1. The van der Waals surface area contributed by atoms with Gasteiger partial charge in [-0.2, -0.15) is 0 Å². The summed E-state index contributed by atoms with van der Waals surface area (Å²) in [6, 6.07) is 9.28. The van der Waals surface area contributed by atoms with E-state index in [1.54, 1.807) is 36.4 Å². The van der Waals surface area contributed by atoms with Gasteiger partial charge in [-0.1, -0.05) is 35.9 Å². The summed E-state index contributed by atoms with van der Waals surface area (Å²) in [5.74, 6) is 0.567. The van der Waals surface area contributed by atoms with Crippen molar-refractivity contribution in [3.63, 3.8) is 0 Å². The van der Waals surface area contributed by atoms with E-state index in [4.69, 9.17) is 25.5 Å². The van der Waals surface area contributed by atoms with Crippen molar-refractivity contribution in [1.82, 2.24) is 10.2 Å². The minimum atomic E-state index is -0.788. The first kappa shape index (κ1) is 22.4. The molecule has 1 atom stereocenters. The molecule has 1 aliphatic heterocycles. The van der Waals surface area contributed by atoms with E-state index in [0.717, 1.165) is 5.01 Å². The standard InChI is InChI=1S/C24H20ClN3O5S/c1-4-18-26-27-24(34-18)28-20(12-6-8-16(32-5-2)17(10-12)31-3)19-21(29)14-11-13(25)7-9-15(14)33-22(19)23(28)30/h6-11,20H,4-5H2,1-3H3/t20-/m0/s1. The molecule has 2 aromatic carbocycles. The number of carbonyl (C=O) groups excluding carboxylic acids is 1. The van der Waals surface area contributed by atoms with E-state index in [0.29, 0.717) is 45.6 Å². The molecule has 2 aromatic heterocycles. The molecule has 174 valence electrons. The molecule has 0 N–H and O–H groups in total. The van der Waals surface area contributed by atoms with Crippen LogP contribution < -0.4 is 19.8 Å². The Morgan fingerprint density at radius 2 is 1.94 bits per heavy atom. The normalized spacial score (nSPS) is 15.1. The van der Waals surface area contributed by atoms with Crippen molar-refractivity contribution in [2.45, 2.75) is 26.3 Å². The molecule has 0 radical (unpaired) electrons. The number of benzene rings is 2. The highest BCUT2D eigenvalue weighted by Gasteiger charge is 2.45. The van der Waals surface area contributed by atoms with Gasteiger partial charge in [-0.25, -0.2) is 0 Å². The smallest absolute Gasteiger partial charge is 0.297 e. The molecule has 4 aromatic rings. The van der Waals surface area contributed by atoms with Gasteiger partial charge in [0, 0.05) is 5.02 Å². The van der Waals surface area contributed by atoms with Crippen LogP contribution >= 0.6 is 22.9 Å². The summed E-state index contributed by atoms with van der Waals surface area (Å²) in [6.07, 6.45) is 0.674. The summed E-state index contributed by atoms with van der Waals surface area (Å²) in [5.41, 5.74) is 0.833. The number of halogens is 1. The molecule has 0 aliphatic carbocycles. The largest absolute Gasteiger partial charge is 0.493 e. The fraction of sp³-hybridized carbons (Fsp3) is 0.250. The van der Waals surface area contributed by atoms with Crippen molar-refractivity contribution < 1.29 is 18.7 Å². The van der Waals surface area contributed by atoms with Crippen LogP contribution in [0.4, 0.5) is 5.13 Å². The quantitative estimate of drug-likeness (QED) is 0.369. The minimum Gasteiger partial charge on any atom is -0.493 e. The maximum atomic E-state index is 13.7. The topological polar surface area (TPSA) is 94.8 Å². The lowest BCUT2D eigenvalue weighted by Gasteiger charge is -2.23. The number of anilines is 1. The fourth-order valence-electron chi connectivity index (χ4n) is 4.07. The van der Waals surface area contributed by atoms with Gasteiger partial charge in [-0.05, 0) is 49.2 Å². The molecule has 1 amide bonds. The average Bonchev–Trinajstić information content (AvgIpc) is 3.43. The second-order valence-electron chi connectivity index (χ2n) is 7.57. The Morgan fingerprint density at radius 1 is 1.12 bits per heavy atom. The van der Waals surface area contributed by atoms with Crippen LogP contribution in [0.1, 0.15) is 46.6 Å². The molecule has 0 saturated heterocycles. The van der Waals surface area contributed by atoms with Crippen molar-refractivity contribution in [2.75, 3.05) is 18.6 Å². The van der Waals surface area contributed by atoms with Crippen LogP contribution in [-0.2, 0) is 6.42 Å². The molecule has 0 bridgehead atoms. The van der Waals surface area contributed by atoms with E-state index in [9.17, 15) is 9.59 Å². The van der Waals surface area contributed by atoms with E-state index < -0.39 is 11.9 Å². The number of rotatable bonds is 6. The van der Waals surface area contributed by atoms with Gasteiger partial charge in [0.15, 0.2) is 16.9 Å². The SMILES string of the molecule is CCOc1ccc([C@H]2c3c(oc4ccc(Cl)cc4c3=O)C(=O)N2c2nnc(CC)s2)cc1OC. The number of nitrogens with zero attached hydrogens (tertiary/aromatic N) is 3. The molecule has 0 saturated carbocycles. The van der Waals surface area contributed by atoms with E-state index in [1.165, 1.54) is 23.3 Å². The molecule has 0 fully saturated rings. The van der Waals surface area contributed by atoms with Crippen LogP contribution in [0.5, 0.6) is 11.5 Å². The van der Waals surface area contributed by atoms with E-state index in [-0.39, 0.29) is 22.3 Å². The Bertz CT molecular complexity index is 1480. The molecule has 8 nitrogen and oxygen atoms in total. The fourth-order valence-corrected chi connectivity index (χ4v) is 5.05. The molecule has 1 aliphatic rings. The molecular weight excluding hydrogens is 478 g/mol. The molecule has 34 heavy (non-hydrogen) atoms. The molecule has 10 heteroatoms. The van der Waals surface area contributed by atoms with Gasteiger partial charge in [-0.3, -0.25) is 14.5 Å². The molecule has 3 heterocycles. The first-order valence-electron chi connectivity index (χ1n) is 10.7. The zero-order valence-electron chi connectivity index (χ0n) is 18.6. The number of carbonyl (C=O) groups is 1. The van der Waals surface area contributed by atoms with Gasteiger partial charge < -0.3 is 13.9 Å².